The summed E-state index contributed by atoms with van der Waals surface area (Å²) in [4.78, 5) is 36.2. The number of methoxy groups -OCH3 is 1. The van der Waals surface area contributed by atoms with Crippen LogP contribution in [0.15, 0.2) is 48.5 Å². The molecule has 0 saturated carbocycles. The maximum absolute atomic E-state index is 12.2. The van der Waals surface area contributed by atoms with Crippen LogP contribution >= 0.6 is 0 Å². The molecule has 148 valence electrons. The van der Waals surface area contributed by atoms with E-state index in [1.54, 1.807) is 32.0 Å². The highest BCUT2D eigenvalue weighted by atomic mass is 16.6. The van der Waals surface area contributed by atoms with Gasteiger partial charge < -0.3 is 14.2 Å². The molecule has 0 saturated heterocycles. The van der Waals surface area contributed by atoms with Gasteiger partial charge in [-0.15, -0.1) is 0 Å². The fourth-order valence-corrected chi connectivity index (χ4v) is 2.81. The van der Waals surface area contributed by atoms with E-state index < -0.39 is 23.8 Å². The Balaban J connectivity index is 2.29. The van der Waals surface area contributed by atoms with Gasteiger partial charge in [0.05, 0.1) is 25.9 Å². The van der Waals surface area contributed by atoms with E-state index in [0.717, 1.165) is 16.7 Å². The zero-order chi connectivity index (χ0) is 20.5. The molecule has 0 bridgehead atoms. The molecule has 0 heterocycles. The topological polar surface area (TPSA) is 78.9 Å². The number of esters is 3. The third kappa shape index (κ3) is 5.42. The Kier molecular flexibility index (Phi) is 7.75. The minimum atomic E-state index is -1.02. The van der Waals surface area contributed by atoms with Crippen molar-refractivity contribution in [1.29, 1.82) is 0 Å². The summed E-state index contributed by atoms with van der Waals surface area (Å²) in [5, 5.41) is 0. The lowest BCUT2D eigenvalue weighted by atomic mass is 9.95. The zero-order valence-corrected chi connectivity index (χ0v) is 16.3. The van der Waals surface area contributed by atoms with Crippen molar-refractivity contribution in [3.05, 3.63) is 59.7 Å². The number of benzene rings is 2. The summed E-state index contributed by atoms with van der Waals surface area (Å²) in [6.07, 6.45) is 0.169. The normalized spacial score (nSPS) is 10.4. The molecule has 0 unspecified atom stereocenters. The number of carbonyl (C=O) groups is 3. The molecular weight excluding hydrogens is 360 g/mol. The van der Waals surface area contributed by atoms with Crippen LogP contribution in [0.25, 0.3) is 11.1 Å². The second-order valence-corrected chi connectivity index (χ2v) is 6.03. The van der Waals surface area contributed by atoms with E-state index in [2.05, 4.69) is 0 Å². The van der Waals surface area contributed by atoms with Gasteiger partial charge >= 0.3 is 17.9 Å². The second-order valence-electron chi connectivity index (χ2n) is 6.03. The summed E-state index contributed by atoms with van der Waals surface area (Å²) in [5.74, 6) is -2.63. The number of carbonyl (C=O) groups excluding carboxylic acids is 3. The van der Waals surface area contributed by atoms with Crippen molar-refractivity contribution in [1.82, 2.24) is 0 Å². The third-order valence-electron chi connectivity index (χ3n) is 4.13. The summed E-state index contributed by atoms with van der Waals surface area (Å²) in [6, 6.07) is 14.5. The molecule has 2 rings (SSSR count). The van der Waals surface area contributed by atoms with E-state index in [1.165, 1.54) is 7.11 Å². The monoisotopic (exact) mass is 384 g/mol. The average Bonchev–Trinajstić information content (AvgIpc) is 2.72. The average molecular weight is 384 g/mol. The van der Waals surface area contributed by atoms with Crippen LogP contribution in [-0.4, -0.2) is 38.2 Å². The van der Waals surface area contributed by atoms with Crippen LogP contribution in [0.1, 0.15) is 29.8 Å². The van der Waals surface area contributed by atoms with Crippen molar-refractivity contribution in [2.24, 2.45) is 5.92 Å². The molecule has 2 aromatic carbocycles. The summed E-state index contributed by atoms with van der Waals surface area (Å²) >= 11 is 0. The van der Waals surface area contributed by atoms with Crippen molar-refractivity contribution in [3.63, 3.8) is 0 Å². The molecule has 0 aliphatic heterocycles. The molecule has 0 aromatic heterocycles. The van der Waals surface area contributed by atoms with Gasteiger partial charge in [-0.05, 0) is 49.1 Å². The molecule has 0 N–H and O–H groups in total. The minimum absolute atomic E-state index is 0.169. The predicted molar refractivity (Wildman–Crippen MR) is 104 cm³/mol. The van der Waals surface area contributed by atoms with Gasteiger partial charge in [-0.25, -0.2) is 4.79 Å². The Morgan fingerprint density at radius 2 is 1.43 bits per heavy atom. The highest BCUT2D eigenvalue weighted by Crippen LogP contribution is 2.24. The highest BCUT2D eigenvalue weighted by Gasteiger charge is 2.29. The number of ether oxygens (including phenoxy) is 3. The summed E-state index contributed by atoms with van der Waals surface area (Å²) in [7, 11) is 1.33. The Morgan fingerprint density at radius 3 is 2.00 bits per heavy atom. The molecule has 0 spiro atoms. The smallest absolute Gasteiger partial charge is 0.337 e. The molecule has 0 amide bonds. The molecule has 6 heteroatoms. The van der Waals surface area contributed by atoms with Gasteiger partial charge in [0.15, 0.2) is 5.92 Å². The minimum Gasteiger partial charge on any atom is -0.465 e. The molecule has 0 atom stereocenters. The fourth-order valence-electron chi connectivity index (χ4n) is 2.81. The van der Waals surface area contributed by atoms with E-state index in [1.807, 2.05) is 30.3 Å². The summed E-state index contributed by atoms with van der Waals surface area (Å²) < 4.78 is 14.8. The van der Waals surface area contributed by atoms with E-state index in [0.29, 0.717) is 5.56 Å². The summed E-state index contributed by atoms with van der Waals surface area (Å²) in [6.45, 7) is 3.76. The van der Waals surface area contributed by atoms with Crippen LogP contribution in [0.3, 0.4) is 0 Å². The predicted octanol–water partition coefficient (Wildman–Crippen LogP) is 3.43. The Morgan fingerprint density at radius 1 is 0.857 bits per heavy atom. The van der Waals surface area contributed by atoms with Crippen LogP contribution in [-0.2, 0) is 30.2 Å². The van der Waals surface area contributed by atoms with Crippen molar-refractivity contribution >= 4 is 17.9 Å². The molecule has 2 aromatic rings. The van der Waals surface area contributed by atoms with Crippen LogP contribution in [0, 0.1) is 5.92 Å². The van der Waals surface area contributed by atoms with Crippen molar-refractivity contribution < 1.29 is 28.6 Å². The van der Waals surface area contributed by atoms with Gasteiger partial charge in [-0.1, -0.05) is 36.4 Å². The third-order valence-corrected chi connectivity index (χ3v) is 4.13. The zero-order valence-electron chi connectivity index (χ0n) is 16.3. The van der Waals surface area contributed by atoms with Crippen molar-refractivity contribution in [2.45, 2.75) is 20.3 Å². The van der Waals surface area contributed by atoms with Gasteiger partial charge in [0, 0.05) is 0 Å². The first-order valence-corrected chi connectivity index (χ1v) is 9.11. The Bertz CT molecular complexity index is 824. The van der Waals surface area contributed by atoms with Crippen molar-refractivity contribution in [2.75, 3.05) is 20.3 Å². The lowest BCUT2D eigenvalue weighted by Gasteiger charge is -2.15. The van der Waals surface area contributed by atoms with Crippen LogP contribution in [0.2, 0.25) is 0 Å². The van der Waals surface area contributed by atoms with Crippen LogP contribution in [0.4, 0.5) is 0 Å². The van der Waals surface area contributed by atoms with Crippen molar-refractivity contribution in [3.8, 4) is 11.1 Å². The molecule has 6 nitrogen and oxygen atoms in total. The number of rotatable bonds is 8. The number of hydrogen-bond acceptors (Lipinski definition) is 6. The van der Waals surface area contributed by atoms with Gasteiger partial charge in [-0.3, -0.25) is 9.59 Å². The van der Waals surface area contributed by atoms with E-state index >= 15 is 0 Å². The van der Waals surface area contributed by atoms with E-state index in [4.69, 9.17) is 14.2 Å². The first-order chi connectivity index (χ1) is 13.5. The van der Waals surface area contributed by atoms with Gasteiger partial charge in [0.1, 0.15) is 0 Å². The van der Waals surface area contributed by atoms with E-state index in [-0.39, 0.29) is 19.6 Å². The van der Waals surface area contributed by atoms with Gasteiger partial charge in [0.25, 0.3) is 0 Å². The lowest BCUT2D eigenvalue weighted by molar-refractivity contribution is -0.161. The first kappa shape index (κ1) is 21.2. The standard InChI is InChI=1S/C22H24O6/c1-4-27-21(24)19(22(25)28-5-2)13-15-8-6-9-16(12-15)17-10-7-11-18(14-17)20(23)26-3/h6-12,14,19H,4-5,13H2,1-3H3. The van der Waals surface area contributed by atoms with Crippen LogP contribution in [0.5, 0.6) is 0 Å². The molecule has 28 heavy (non-hydrogen) atoms. The number of hydrogen-bond donors (Lipinski definition) is 0. The Labute approximate surface area is 164 Å². The molecule has 0 radical (unpaired) electrons. The highest BCUT2D eigenvalue weighted by molar-refractivity contribution is 5.95. The largest absolute Gasteiger partial charge is 0.465 e. The second kappa shape index (κ2) is 10.3. The maximum Gasteiger partial charge on any atom is 0.337 e. The first-order valence-electron chi connectivity index (χ1n) is 9.11. The summed E-state index contributed by atoms with van der Waals surface area (Å²) in [5.41, 5.74) is 2.91. The quantitative estimate of drug-likeness (QED) is 0.394. The molecule has 0 aliphatic carbocycles. The maximum atomic E-state index is 12.2. The van der Waals surface area contributed by atoms with Gasteiger partial charge in [-0.2, -0.15) is 0 Å². The molecular formula is C22H24O6. The Hall–Kier alpha value is -3.15. The van der Waals surface area contributed by atoms with E-state index in [9.17, 15) is 14.4 Å². The molecule has 0 aliphatic rings. The van der Waals surface area contributed by atoms with Gasteiger partial charge in [0.2, 0.25) is 0 Å². The fraction of sp³-hybridized carbons (Fsp3) is 0.318. The lowest BCUT2D eigenvalue weighted by Crippen LogP contribution is -2.30. The SMILES string of the molecule is CCOC(=O)C(Cc1cccc(-c2cccc(C(=O)OC)c2)c1)C(=O)OCC. The van der Waals surface area contributed by atoms with Crippen LogP contribution < -0.4 is 0 Å². The molecule has 0 fully saturated rings.